The number of nitrogens with zero attached hydrogens (tertiary/aromatic N) is 4. The number of aromatic nitrogens is 4. The first-order valence-electron chi connectivity index (χ1n) is 8.73. The van der Waals surface area contributed by atoms with Crippen LogP contribution >= 0.6 is 0 Å². The van der Waals surface area contributed by atoms with Gasteiger partial charge < -0.3 is 9.30 Å². The molecule has 2 heterocycles. The third-order valence-electron chi connectivity index (χ3n) is 4.23. The zero-order valence-electron chi connectivity index (χ0n) is 14.5. The monoisotopic (exact) mass is 350 g/mol. The van der Waals surface area contributed by atoms with E-state index in [9.17, 15) is 4.39 Å². The fourth-order valence-corrected chi connectivity index (χ4v) is 3.00. The summed E-state index contributed by atoms with van der Waals surface area (Å²) in [6.07, 6.45) is 0.835. The van der Waals surface area contributed by atoms with Crippen LogP contribution in [0.2, 0.25) is 0 Å². The van der Waals surface area contributed by atoms with Crippen molar-refractivity contribution < 1.29 is 9.13 Å². The summed E-state index contributed by atoms with van der Waals surface area (Å²) >= 11 is 0. The summed E-state index contributed by atoms with van der Waals surface area (Å²) in [6, 6.07) is 14.1. The number of hydrogen-bond acceptors (Lipinski definition) is 4. The molecular weight excluding hydrogens is 331 g/mol. The molecule has 2 aromatic heterocycles. The second kappa shape index (κ2) is 7.17. The molecule has 6 heteroatoms. The number of fused-ring (bicyclic) bond motifs is 2. The Kier molecular flexibility index (Phi) is 4.58. The van der Waals surface area contributed by atoms with E-state index < -0.39 is 0 Å². The maximum Gasteiger partial charge on any atom is 0.198 e. The van der Waals surface area contributed by atoms with E-state index in [1.165, 1.54) is 12.1 Å². The lowest BCUT2D eigenvalue weighted by Crippen LogP contribution is -2.05. The van der Waals surface area contributed by atoms with Crippen molar-refractivity contribution in [1.82, 2.24) is 19.5 Å². The quantitative estimate of drug-likeness (QED) is 0.489. The predicted molar refractivity (Wildman–Crippen MR) is 99.3 cm³/mol. The Hall–Kier alpha value is -2.86. The van der Waals surface area contributed by atoms with Crippen molar-refractivity contribution in [2.45, 2.75) is 19.9 Å². The maximum absolute atomic E-state index is 13.3. The third kappa shape index (κ3) is 3.15. The summed E-state index contributed by atoms with van der Waals surface area (Å²) in [5.41, 5.74) is 3.81. The molecule has 4 aromatic rings. The van der Waals surface area contributed by atoms with Crippen LogP contribution < -0.4 is 0 Å². The summed E-state index contributed by atoms with van der Waals surface area (Å²) in [4.78, 5) is 14.1. The van der Waals surface area contributed by atoms with Crippen LogP contribution in [0.5, 0.6) is 0 Å². The maximum atomic E-state index is 13.3. The van der Waals surface area contributed by atoms with Gasteiger partial charge in [0.05, 0.1) is 11.0 Å². The Morgan fingerprint density at radius 1 is 0.962 bits per heavy atom. The molecule has 2 aromatic carbocycles. The molecule has 0 atom stereocenters. The highest BCUT2D eigenvalue weighted by atomic mass is 19.1. The Bertz CT molecular complexity index is 1040. The number of halogens is 1. The van der Waals surface area contributed by atoms with Crippen LogP contribution in [0.3, 0.4) is 0 Å². The Morgan fingerprint density at radius 2 is 1.69 bits per heavy atom. The number of para-hydroxylation sites is 2. The zero-order chi connectivity index (χ0) is 17.9. The lowest BCUT2D eigenvalue weighted by molar-refractivity contribution is 0.142. The Morgan fingerprint density at radius 3 is 2.42 bits per heavy atom. The van der Waals surface area contributed by atoms with Gasteiger partial charge in [-0.1, -0.05) is 12.1 Å². The van der Waals surface area contributed by atoms with E-state index in [0.29, 0.717) is 25.4 Å². The number of rotatable bonds is 6. The second-order valence-corrected chi connectivity index (χ2v) is 6.00. The van der Waals surface area contributed by atoms with E-state index >= 15 is 0 Å². The van der Waals surface area contributed by atoms with Gasteiger partial charge in [-0.15, -0.1) is 0 Å². The molecule has 5 nitrogen and oxygen atoms in total. The third-order valence-corrected chi connectivity index (χ3v) is 4.23. The van der Waals surface area contributed by atoms with Gasteiger partial charge in [-0.3, -0.25) is 0 Å². The van der Waals surface area contributed by atoms with E-state index in [-0.39, 0.29) is 5.82 Å². The van der Waals surface area contributed by atoms with Crippen LogP contribution in [-0.2, 0) is 11.3 Å². The molecule has 0 aliphatic rings. The van der Waals surface area contributed by atoms with E-state index in [1.54, 1.807) is 12.1 Å². The molecule has 0 bridgehead atoms. The average Bonchev–Trinajstić information content (AvgIpc) is 3.01. The van der Waals surface area contributed by atoms with Crippen molar-refractivity contribution >= 4 is 22.3 Å². The molecule has 4 rings (SSSR count). The van der Waals surface area contributed by atoms with Gasteiger partial charge in [-0.2, -0.15) is 0 Å². The smallest absolute Gasteiger partial charge is 0.198 e. The summed E-state index contributed by atoms with van der Waals surface area (Å²) in [5, 5.41) is 0. The molecule has 0 aliphatic heterocycles. The van der Waals surface area contributed by atoms with E-state index in [1.807, 2.05) is 35.8 Å². The highest BCUT2D eigenvalue weighted by molar-refractivity contribution is 5.84. The number of ether oxygens (including phenoxy) is 1. The highest BCUT2D eigenvalue weighted by Gasteiger charge is 2.16. The number of hydrogen-bond donors (Lipinski definition) is 0. The van der Waals surface area contributed by atoms with Crippen LogP contribution in [0, 0.1) is 5.82 Å². The van der Waals surface area contributed by atoms with Crippen LogP contribution in [0.25, 0.3) is 33.7 Å². The first-order valence-corrected chi connectivity index (χ1v) is 8.73. The fraction of sp³-hybridized carbons (Fsp3) is 0.250. The minimum Gasteiger partial charge on any atom is -0.382 e. The minimum atomic E-state index is -0.269. The Balaban J connectivity index is 1.84. The van der Waals surface area contributed by atoms with Gasteiger partial charge in [-0.05, 0) is 49.7 Å². The first kappa shape index (κ1) is 16.6. The molecule has 26 heavy (non-hydrogen) atoms. The topological polar surface area (TPSA) is 52.8 Å². The lowest BCUT2D eigenvalue weighted by atomic mass is 10.2. The number of aryl methyl sites for hydroxylation is 1. The highest BCUT2D eigenvalue weighted by Crippen LogP contribution is 2.25. The van der Waals surface area contributed by atoms with Crippen molar-refractivity contribution in [3.8, 4) is 11.4 Å². The lowest BCUT2D eigenvalue weighted by Gasteiger charge is -2.09. The molecule has 0 saturated heterocycles. The van der Waals surface area contributed by atoms with Crippen LogP contribution in [-0.4, -0.2) is 32.7 Å². The van der Waals surface area contributed by atoms with Crippen LogP contribution in [0.4, 0.5) is 4.39 Å². The Labute approximate surface area is 150 Å². The molecule has 0 fully saturated rings. The second-order valence-electron chi connectivity index (χ2n) is 6.00. The van der Waals surface area contributed by atoms with Gasteiger partial charge in [0.15, 0.2) is 11.3 Å². The summed E-state index contributed by atoms with van der Waals surface area (Å²) in [7, 11) is 0. The molecule has 132 valence electrons. The summed E-state index contributed by atoms with van der Waals surface area (Å²) < 4.78 is 20.8. The first-order chi connectivity index (χ1) is 12.8. The molecule has 0 radical (unpaired) electrons. The molecule has 0 N–H and O–H groups in total. The molecule has 0 unspecified atom stereocenters. The van der Waals surface area contributed by atoms with Gasteiger partial charge in [0.1, 0.15) is 11.6 Å². The largest absolute Gasteiger partial charge is 0.382 e. The van der Waals surface area contributed by atoms with Crippen molar-refractivity contribution in [2.75, 3.05) is 13.2 Å². The van der Waals surface area contributed by atoms with Crippen molar-refractivity contribution in [1.29, 1.82) is 0 Å². The van der Waals surface area contributed by atoms with Crippen molar-refractivity contribution in [3.05, 3.63) is 54.3 Å². The number of imidazole rings is 1. The SMILES string of the molecule is CCOCCCn1c(-c2ccc(F)cc2)nc2nc3ccccc3nc21. The average molecular weight is 350 g/mol. The van der Waals surface area contributed by atoms with Crippen molar-refractivity contribution in [2.24, 2.45) is 0 Å². The molecule has 0 spiro atoms. The van der Waals surface area contributed by atoms with E-state index in [4.69, 9.17) is 9.72 Å². The molecule has 0 aliphatic carbocycles. The van der Waals surface area contributed by atoms with Crippen LogP contribution in [0.1, 0.15) is 13.3 Å². The van der Waals surface area contributed by atoms with Gasteiger partial charge in [0.25, 0.3) is 0 Å². The molecular formula is C20H19FN4O. The minimum absolute atomic E-state index is 0.269. The molecule has 0 amide bonds. The summed E-state index contributed by atoms with van der Waals surface area (Å²) in [6.45, 7) is 4.05. The van der Waals surface area contributed by atoms with Gasteiger partial charge >= 0.3 is 0 Å². The predicted octanol–water partition coefficient (Wildman–Crippen LogP) is 4.21. The van der Waals surface area contributed by atoms with E-state index in [2.05, 4.69) is 9.97 Å². The van der Waals surface area contributed by atoms with E-state index in [0.717, 1.165) is 34.5 Å². The van der Waals surface area contributed by atoms with Crippen molar-refractivity contribution in [3.63, 3.8) is 0 Å². The zero-order valence-corrected chi connectivity index (χ0v) is 14.5. The summed E-state index contributed by atoms with van der Waals surface area (Å²) in [5.74, 6) is 0.474. The normalized spacial score (nSPS) is 11.5. The number of benzene rings is 2. The van der Waals surface area contributed by atoms with Crippen LogP contribution in [0.15, 0.2) is 48.5 Å². The fourth-order valence-electron chi connectivity index (χ4n) is 3.00. The van der Waals surface area contributed by atoms with Gasteiger partial charge in [0, 0.05) is 25.3 Å². The standard InChI is InChI=1S/C20H19FN4O/c1-2-26-13-5-12-25-19(14-8-10-15(21)11-9-14)24-18-20(25)23-17-7-4-3-6-16(17)22-18/h3-4,6-11H,2,5,12-13H2,1H3. The van der Waals surface area contributed by atoms with Gasteiger partial charge in [-0.25, -0.2) is 19.3 Å². The van der Waals surface area contributed by atoms with Gasteiger partial charge in [0.2, 0.25) is 0 Å². The molecule has 0 saturated carbocycles.